The van der Waals surface area contributed by atoms with Crippen molar-refractivity contribution < 1.29 is 4.79 Å². The number of rotatable bonds is 3. The maximum absolute atomic E-state index is 12.0. The summed E-state index contributed by atoms with van der Waals surface area (Å²) in [6, 6.07) is 12.5. The molecule has 0 radical (unpaired) electrons. The fraction of sp³-hybridized carbons (Fsp3) is 0. The van der Waals surface area contributed by atoms with Gasteiger partial charge in [-0.15, -0.1) is 11.3 Å². The van der Waals surface area contributed by atoms with Crippen LogP contribution in [0.3, 0.4) is 0 Å². The van der Waals surface area contributed by atoms with Gasteiger partial charge < -0.3 is 5.32 Å². The highest BCUT2D eigenvalue weighted by atomic mass is 35.5. The summed E-state index contributed by atoms with van der Waals surface area (Å²) in [4.78, 5) is 12.8. The highest BCUT2D eigenvalue weighted by molar-refractivity contribution is 7.10. The van der Waals surface area contributed by atoms with Gasteiger partial charge in [0.25, 0.3) is 5.91 Å². The molecule has 1 aromatic heterocycles. The minimum Gasteiger partial charge on any atom is -0.320 e. The molecule has 0 aliphatic rings. The van der Waals surface area contributed by atoms with Crippen molar-refractivity contribution in [2.24, 2.45) is 0 Å². The van der Waals surface area contributed by atoms with Crippen LogP contribution in [0.25, 0.3) is 6.08 Å². The van der Waals surface area contributed by atoms with Gasteiger partial charge in [0.2, 0.25) is 0 Å². The Bertz CT molecular complexity index is 656. The van der Waals surface area contributed by atoms with Gasteiger partial charge in [0.1, 0.15) is 11.6 Å². The lowest BCUT2D eigenvalue weighted by Gasteiger charge is -2.05. The van der Waals surface area contributed by atoms with E-state index >= 15 is 0 Å². The van der Waals surface area contributed by atoms with Crippen molar-refractivity contribution in [3.8, 4) is 6.07 Å². The summed E-state index contributed by atoms with van der Waals surface area (Å²) in [7, 11) is 0. The van der Waals surface area contributed by atoms with Crippen LogP contribution in [0, 0.1) is 11.3 Å². The minimum atomic E-state index is -0.469. The first-order chi connectivity index (χ1) is 9.20. The maximum Gasteiger partial charge on any atom is 0.266 e. The number of thiophene rings is 1. The third-order valence-corrected chi connectivity index (χ3v) is 3.47. The Balaban J connectivity index is 2.19. The first-order valence-electron chi connectivity index (χ1n) is 5.42. The number of amides is 1. The van der Waals surface area contributed by atoms with Crippen LogP contribution in [-0.4, -0.2) is 5.91 Å². The van der Waals surface area contributed by atoms with Crippen molar-refractivity contribution in [2.75, 3.05) is 5.32 Å². The van der Waals surface area contributed by atoms with E-state index in [9.17, 15) is 4.79 Å². The SMILES string of the molecule is N#C/C(=C/c1cccs1)C(=O)Nc1ccccc1Cl. The molecule has 19 heavy (non-hydrogen) atoms. The van der Waals surface area contributed by atoms with E-state index in [1.165, 1.54) is 11.3 Å². The van der Waals surface area contributed by atoms with E-state index in [4.69, 9.17) is 16.9 Å². The predicted octanol–water partition coefficient (Wildman–Crippen LogP) is 3.95. The molecule has 1 amide bonds. The fourth-order valence-corrected chi connectivity index (χ4v) is 2.26. The number of hydrogen-bond acceptors (Lipinski definition) is 3. The van der Waals surface area contributed by atoms with Crippen molar-refractivity contribution in [3.05, 3.63) is 57.3 Å². The zero-order valence-electron chi connectivity index (χ0n) is 9.76. The summed E-state index contributed by atoms with van der Waals surface area (Å²) in [6.45, 7) is 0. The molecule has 94 valence electrons. The van der Waals surface area contributed by atoms with Crippen molar-refractivity contribution in [3.63, 3.8) is 0 Å². The molecule has 0 saturated carbocycles. The van der Waals surface area contributed by atoms with Crippen molar-refractivity contribution in [1.82, 2.24) is 0 Å². The van der Waals surface area contributed by atoms with Crippen LogP contribution in [0.4, 0.5) is 5.69 Å². The molecule has 0 bridgehead atoms. The summed E-state index contributed by atoms with van der Waals surface area (Å²) >= 11 is 7.40. The van der Waals surface area contributed by atoms with Gasteiger partial charge in [0, 0.05) is 4.88 Å². The summed E-state index contributed by atoms with van der Waals surface area (Å²) < 4.78 is 0. The van der Waals surface area contributed by atoms with Gasteiger partial charge in [-0.1, -0.05) is 29.8 Å². The van der Waals surface area contributed by atoms with E-state index in [1.54, 1.807) is 30.3 Å². The summed E-state index contributed by atoms with van der Waals surface area (Å²) in [5.41, 5.74) is 0.531. The van der Waals surface area contributed by atoms with Crippen molar-refractivity contribution in [2.45, 2.75) is 0 Å². The van der Waals surface area contributed by atoms with E-state index in [2.05, 4.69) is 5.32 Å². The fourth-order valence-electron chi connectivity index (χ4n) is 1.42. The van der Waals surface area contributed by atoms with Gasteiger partial charge in [-0.3, -0.25) is 4.79 Å². The smallest absolute Gasteiger partial charge is 0.266 e. The third kappa shape index (κ3) is 3.44. The second-order valence-electron chi connectivity index (χ2n) is 3.62. The minimum absolute atomic E-state index is 0.0439. The molecule has 1 aromatic carbocycles. The van der Waals surface area contributed by atoms with Crippen LogP contribution in [-0.2, 0) is 4.79 Å². The van der Waals surface area contributed by atoms with E-state index in [-0.39, 0.29) is 5.57 Å². The Morgan fingerprint density at radius 2 is 2.11 bits per heavy atom. The van der Waals surface area contributed by atoms with Gasteiger partial charge in [-0.25, -0.2) is 0 Å². The summed E-state index contributed by atoms with van der Waals surface area (Å²) in [6.07, 6.45) is 1.55. The molecule has 0 fully saturated rings. The molecule has 1 heterocycles. The topological polar surface area (TPSA) is 52.9 Å². The van der Waals surface area contributed by atoms with Crippen molar-refractivity contribution >= 4 is 40.6 Å². The summed E-state index contributed by atoms with van der Waals surface area (Å²) in [5.74, 6) is -0.469. The van der Waals surface area contributed by atoms with E-state index in [0.29, 0.717) is 10.7 Å². The zero-order valence-corrected chi connectivity index (χ0v) is 11.3. The van der Waals surface area contributed by atoms with Crippen LogP contribution in [0.5, 0.6) is 0 Å². The monoisotopic (exact) mass is 288 g/mol. The standard InChI is InChI=1S/C14H9ClN2OS/c15-12-5-1-2-6-13(12)17-14(18)10(9-16)8-11-4-3-7-19-11/h1-8H,(H,17,18)/b10-8-. The molecular weight excluding hydrogens is 280 g/mol. The van der Waals surface area contributed by atoms with E-state index < -0.39 is 5.91 Å². The molecule has 0 unspecified atom stereocenters. The van der Waals surface area contributed by atoms with Crippen LogP contribution < -0.4 is 5.32 Å². The quantitative estimate of drug-likeness (QED) is 0.687. The Morgan fingerprint density at radius 3 is 2.74 bits per heavy atom. The largest absolute Gasteiger partial charge is 0.320 e. The first-order valence-corrected chi connectivity index (χ1v) is 6.67. The molecule has 2 aromatic rings. The number of anilines is 1. The lowest BCUT2D eigenvalue weighted by Crippen LogP contribution is -2.13. The number of nitrogens with zero attached hydrogens (tertiary/aromatic N) is 1. The molecule has 0 spiro atoms. The van der Waals surface area contributed by atoms with Gasteiger partial charge in [0.15, 0.2) is 0 Å². The number of nitriles is 1. The predicted molar refractivity (Wildman–Crippen MR) is 78.0 cm³/mol. The lowest BCUT2D eigenvalue weighted by molar-refractivity contribution is -0.112. The molecular formula is C14H9ClN2OS. The van der Waals surface area contributed by atoms with E-state index in [1.807, 2.05) is 23.6 Å². The van der Waals surface area contributed by atoms with Gasteiger partial charge in [0.05, 0.1) is 10.7 Å². The average Bonchev–Trinajstić information content (AvgIpc) is 2.91. The Labute approximate surface area is 119 Å². The maximum atomic E-state index is 12.0. The van der Waals surface area contributed by atoms with Crippen LogP contribution in [0.15, 0.2) is 47.4 Å². The Hall–Kier alpha value is -2.09. The Morgan fingerprint density at radius 1 is 1.32 bits per heavy atom. The van der Waals surface area contributed by atoms with Crippen molar-refractivity contribution in [1.29, 1.82) is 5.26 Å². The zero-order chi connectivity index (χ0) is 13.7. The van der Waals surface area contributed by atoms with Crippen LogP contribution >= 0.6 is 22.9 Å². The highest BCUT2D eigenvalue weighted by Gasteiger charge is 2.11. The number of para-hydroxylation sites is 1. The highest BCUT2D eigenvalue weighted by Crippen LogP contribution is 2.21. The van der Waals surface area contributed by atoms with Gasteiger partial charge in [-0.05, 0) is 29.7 Å². The number of nitrogens with one attached hydrogen (secondary N) is 1. The number of halogens is 1. The summed E-state index contributed by atoms with van der Waals surface area (Å²) in [5, 5.41) is 14.0. The molecule has 1 N–H and O–H groups in total. The van der Waals surface area contributed by atoms with Gasteiger partial charge >= 0.3 is 0 Å². The normalized spacial score (nSPS) is 10.8. The van der Waals surface area contributed by atoms with E-state index in [0.717, 1.165) is 4.88 Å². The number of benzene rings is 1. The second kappa shape index (κ2) is 6.19. The molecule has 0 saturated heterocycles. The van der Waals surface area contributed by atoms with Gasteiger partial charge in [-0.2, -0.15) is 5.26 Å². The Kier molecular flexibility index (Phi) is 4.35. The number of carbonyl (C=O) groups excluding carboxylic acids is 1. The molecule has 2 rings (SSSR count). The first kappa shape index (κ1) is 13.3. The third-order valence-electron chi connectivity index (χ3n) is 2.32. The van der Waals surface area contributed by atoms with Crippen LogP contribution in [0.2, 0.25) is 5.02 Å². The molecule has 5 heteroatoms. The lowest BCUT2D eigenvalue weighted by atomic mass is 10.2. The molecule has 3 nitrogen and oxygen atoms in total. The number of hydrogen-bond donors (Lipinski definition) is 1. The molecule has 0 atom stereocenters. The number of carbonyl (C=O) groups is 1. The molecule has 0 aliphatic heterocycles. The average molecular weight is 289 g/mol. The van der Waals surface area contributed by atoms with Crippen LogP contribution in [0.1, 0.15) is 4.88 Å². The molecule has 0 aliphatic carbocycles. The second-order valence-corrected chi connectivity index (χ2v) is 5.01.